The Labute approximate surface area is 168 Å². The number of rotatable bonds is 5. The van der Waals surface area contributed by atoms with Crippen LogP contribution in [0.25, 0.3) is 11.4 Å². The van der Waals surface area contributed by atoms with E-state index < -0.39 is 0 Å². The van der Waals surface area contributed by atoms with Gasteiger partial charge in [0.25, 0.3) is 0 Å². The van der Waals surface area contributed by atoms with E-state index in [1.165, 1.54) is 17.1 Å². The fraction of sp³-hybridized carbons (Fsp3) is 0.300. The zero-order valence-electron chi connectivity index (χ0n) is 15.4. The van der Waals surface area contributed by atoms with Gasteiger partial charge in [0.1, 0.15) is 0 Å². The fourth-order valence-corrected chi connectivity index (χ4v) is 3.86. The van der Waals surface area contributed by atoms with Crippen LogP contribution < -0.4 is 10.6 Å². The first-order chi connectivity index (χ1) is 13.8. The van der Waals surface area contributed by atoms with Gasteiger partial charge in [-0.25, -0.2) is 4.79 Å². The smallest absolute Gasteiger partial charge is 0.321 e. The predicted molar refractivity (Wildman–Crippen MR) is 110 cm³/mol. The minimum absolute atomic E-state index is 0.176. The third kappa shape index (κ3) is 4.90. The molecular formula is C20H22N6OS. The maximum atomic E-state index is 12.3. The van der Waals surface area contributed by atoms with Crippen molar-refractivity contribution in [3.05, 3.63) is 60.4 Å². The molecule has 2 aromatic heterocycles. The second-order valence-corrected chi connectivity index (χ2v) is 7.55. The van der Waals surface area contributed by atoms with E-state index in [0.29, 0.717) is 11.0 Å². The summed E-state index contributed by atoms with van der Waals surface area (Å²) in [5.74, 6) is 0.630. The number of anilines is 1. The summed E-state index contributed by atoms with van der Waals surface area (Å²) in [6.45, 7) is 2.85. The van der Waals surface area contributed by atoms with Crippen molar-refractivity contribution in [2.45, 2.75) is 25.4 Å². The van der Waals surface area contributed by atoms with E-state index in [4.69, 9.17) is 0 Å². The molecule has 1 aromatic carbocycles. The van der Waals surface area contributed by atoms with Crippen molar-refractivity contribution in [1.29, 1.82) is 0 Å². The highest BCUT2D eigenvalue weighted by Crippen LogP contribution is 2.20. The summed E-state index contributed by atoms with van der Waals surface area (Å²) < 4.78 is 4.31. The van der Waals surface area contributed by atoms with Gasteiger partial charge >= 0.3 is 6.03 Å². The monoisotopic (exact) mass is 394 g/mol. The van der Waals surface area contributed by atoms with Crippen molar-refractivity contribution in [3.63, 3.8) is 0 Å². The molecule has 2 amide bonds. The molecule has 1 aliphatic rings. The van der Waals surface area contributed by atoms with Crippen LogP contribution in [0.4, 0.5) is 9.93 Å². The molecule has 4 rings (SSSR count). The normalized spacial score (nSPS) is 15.3. The first-order valence-electron chi connectivity index (χ1n) is 9.34. The van der Waals surface area contributed by atoms with Crippen molar-refractivity contribution >= 4 is 22.7 Å². The van der Waals surface area contributed by atoms with Gasteiger partial charge < -0.3 is 5.32 Å². The van der Waals surface area contributed by atoms with Crippen molar-refractivity contribution in [2.24, 2.45) is 0 Å². The highest BCUT2D eigenvalue weighted by molar-refractivity contribution is 7.10. The Balaban J connectivity index is 1.23. The van der Waals surface area contributed by atoms with Crippen LogP contribution in [0.5, 0.6) is 0 Å². The number of aromatic nitrogens is 3. The Hall–Kier alpha value is -2.84. The van der Waals surface area contributed by atoms with E-state index in [1.54, 1.807) is 0 Å². The average molecular weight is 395 g/mol. The lowest BCUT2D eigenvalue weighted by molar-refractivity contribution is 0.190. The SMILES string of the molecule is O=C(Nc1nc(-c2ccccc2)ns1)NC1CCN(Cc2ccncc2)CC1. The molecule has 1 aliphatic heterocycles. The van der Waals surface area contributed by atoms with Crippen LogP contribution in [0.1, 0.15) is 18.4 Å². The van der Waals surface area contributed by atoms with Crippen molar-refractivity contribution < 1.29 is 4.79 Å². The zero-order chi connectivity index (χ0) is 19.2. The Morgan fingerprint density at radius 2 is 1.86 bits per heavy atom. The summed E-state index contributed by atoms with van der Waals surface area (Å²) in [6, 6.07) is 13.8. The molecule has 0 unspecified atom stereocenters. The van der Waals surface area contributed by atoms with Crippen LogP contribution in [0.2, 0.25) is 0 Å². The maximum absolute atomic E-state index is 12.3. The van der Waals surface area contributed by atoms with Gasteiger partial charge in [-0.3, -0.25) is 15.2 Å². The van der Waals surface area contributed by atoms with Crippen LogP contribution in [-0.4, -0.2) is 44.4 Å². The van der Waals surface area contributed by atoms with E-state index in [2.05, 4.69) is 29.9 Å². The lowest BCUT2D eigenvalue weighted by atomic mass is 10.0. The third-order valence-electron chi connectivity index (χ3n) is 4.76. The van der Waals surface area contributed by atoms with Gasteiger partial charge in [-0.15, -0.1) is 0 Å². The number of urea groups is 1. The molecule has 1 saturated heterocycles. The van der Waals surface area contributed by atoms with Crippen LogP contribution in [0.3, 0.4) is 0 Å². The van der Waals surface area contributed by atoms with Gasteiger partial charge in [0, 0.05) is 55.2 Å². The van der Waals surface area contributed by atoms with Crippen LogP contribution >= 0.6 is 11.5 Å². The number of amides is 2. The molecule has 2 N–H and O–H groups in total. The fourth-order valence-electron chi connectivity index (χ4n) is 3.28. The highest BCUT2D eigenvalue weighted by Gasteiger charge is 2.21. The first-order valence-corrected chi connectivity index (χ1v) is 10.1. The van der Waals surface area contributed by atoms with Crippen LogP contribution in [-0.2, 0) is 6.54 Å². The summed E-state index contributed by atoms with van der Waals surface area (Å²) in [4.78, 5) is 23.1. The maximum Gasteiger partial charge on any atom is 0.321 e. The second kappa shape index (κ2) is 8.90. The number of likely N-dealkylation sites (tertiary alicyclic amines) is 1. The predicted octanol–water partition coefficient (Wildman–Crippen LogP) is 3.39. The molecule has 28 heavy (non-hydrogen) atoms. The van der Waals surface area contributed by atoms with E-state index in [1.807, 2.05) is 54.9 Å². The lowest BCUT2D eigenvalue weighted by Gasteiger charge is -2.32. The van der Waals surface area contributed by atoms with Crippen molar-refractivity contribution in [3.8, 4) is 11.4 Å². The van der Waals surface area contributed by atoms with Gasteiger partial charge in [0.2, 0.25) is 5.13 Å². The largest absolute Gasteiger partial charge is 0.335 e. The van der Waals surface area contributed by atoms with Crippen LogP contribution in [0.15, 0.2) is 54.9 Å². The van der Waals surface area contributed by atoms with Crippen LogP contribution in [0, 0.1) is 0 Å². The Bertz CT molecular complexity index is 893. The first kappa shape index (κ1) is 18.5. The molecule has 0 aliphatic carbocycles. The summed E-state index contributed by atoms with van der Waals surface area (Å²) in [7, 11) is 0. The van der Waals surface area contributed by atoms with Gasteiger partial charge in [-0.05, 0) is 30.5 Å². The van der Waals surface area contributed by atoms with E-state index in [-0.39, 0.29) is 12.1 Å². The number of piperidine rings is 1. The average Bonchev–Trinajstić information content (AvgIpc) is 3.19. The molecule has 0 atom stereocenters. The molecule has 0 spiro atoms. The highest BCUT2D eigenvalue weighted by atomic mass is 32.1. The molecule has 8 heteroatoms. The molecule has 0 saturated carbocycles. The Kier molecular flexibility index (Phi) is 5.89. The number of pyridine rings is 1. The number of nitrogens with one attached hydrogen (secondary N) is 2. The molecule has 0 bridgehead atoms. The number of hydrogen-bond acceptors (Lipinski definition) is 6. The molecule has 3 heterocycles. The molecule has 7 nitrogen and oxygen atoms in total. The number of carbonyl (C=O) groups is 1. The summed E-state index contributed by atoms with van der Waals surface area (Å²) in [6.07, 6.45) is 5.52. The molecule has 1 fully saturated rings. The minimum Gasteiger partial charge on any atom is -0.335 e. The van der Waals surface area contributed by atoms with E-state index >= 15 is 0 Å². The lowest BCUT2D eigenvalue weighted by Crippen LogP contribution is -2.45. The quantitative estimate of drug-likeness (QED) is 0.693. The summed E-state index contributed by atoms with van der Waals surface area (Å²) >= 11 is 1.19. The number of nitrogens with zero attached hydrogens (tertiary/aromatic N) is 4. The molecular weight excluding hydrogens is 372 g/mol. The van der Waals surface area contributed by atoms with Gasteiger partial charge in [-0.1, -0.05) is 30.3 Å². The standard InChI is InChI=1S/C20H22N6OS/c27-19(24-20-23-18(25-28-20)16-4-2-1-3-5-16)22-17-8-12-26(13-9-17)14-15-6-10-21-11-7-15/h1-7,10-11,17H,8-9,12-14H2,(H2,22,23,24,25,27). The van der Waals surface area contributed by atoms with E-state index in [0.717, 1.165) is 38.0 Å². The Morgan fingerprint density at radius 1 is 1.11 bits per heavy atom. The van der Waals surface area contributed by atoms with Gasteiger partial charge in [0.05, 0.1) is 0 Å². The summed E-state index contributed by atoms with van der Waals surface area (Å²) in [5.41, 5.74) is 2.21. The van der Waals surface area contributed by atoms with Crippen molar-refractivity contribution in [1.82, 2.24) is 24.6 Å². The topological polar surface area (TPSA) is 83.0 Å². The van der Waals surface area contributed by atoms with Crippen molar-refractivity contribution in [2.75, 3.05) is 18.4 Å². The Morgan fingerprint density at radius 3 is 2.61 bits per heavy atom. The number of hydrogen-bond donors (Lipinski definition) is 2. The van der Waals surface area contributed by atoms with E-state index in [9.17, 15) is 4.79 Å². The number of benzene rings is 1. The van der Waals surface area contributed by atoms with Gasteiger partial charge in [0.15, 0.2) is 5.82 Å². The molecule has 0 radical (unpaired) electrons. The van der Waals surface area contributed by atoms with Gasteiger partial charge in [-0.2, -0.15) is 9.36 Å². The summed E-state index contributed by atoms with van der Waals surface area (Å²) in [5, 5.41) is 6.36. The molecule has 3 aromatic rings. The zero-order valence-corrected chi connectivity index (χ0v) is 16.2. The second-order valence-electron chi connectivity index (χ2n) is 6.79. The molecule has 144 valence electrons. The number of carbonyl (C=O) groups excluding carboxylic acids is 1. The third-order valence-corrected chi connectivity index (χ3v) is 5.39. The minimum atomic E-state index is -0.219.